The summed E-state index contributed by atoms with van der Waals surface area (Å²) < 4.78 is 5.50. The molecule has 2 N–H and O–H groups in total. The molecule has 1 saturated heterocycles. The van der Waals surface area contributed by atoms with Crippen LogP contribution >= 0.6 is 0 Å². The lowest BCUT2D eigenvalue weighted by molar-refractivity contribution is -0.116. The summed E-state index contributed by atoms with van der Waals surface area (Å²) in [5.41, 5.74) is 2.05. The minimum absolute atomic E-state index is 0.0682. The molecular formula is C19H25N5O3. The first-order chi connectivity index (χ1) is 12.7. The molecule has 0 saturated carbocycles. The number of piperazine rings is 1. The Morgan fingerprint density at radius 3 is 2.85 bits per heavy atom. The number of carbonyl (C=O) groups is 2. The zero-order valence-electron chi connectivity index (χ0n) is 16.1. The molecular weight excluding hydrogens is 346 g/mol. The van der Waals surface area contributed by atoms with E-state index in [2.05, 4.69) is 10.3 Å². The molecule has 0 aromatic carbocycles. The van der Waals surface area contributed by atoms with Crippen molar-refractivity contribution in [2.75, 3.05) is 18.0 Å². The van der Waals surface area contributed by atoms with Crippen LogP contribution in [0.15, 0.2) is 29.9 Å². The number of allylic oxidation sites excluding steroid dienone is 1. The molecule has 2 amide bonds. The Hall–Kier alpha value is -2.90. The van der Waals surface area contributed by atoms with Crippen molar-refractivity contribution < 1.29 is 14.3 Å². The molecule has 3 rings (SSSR count). The van der Waals surface area contributed by atoms with Gasteiger partial charge in [-0.1, -0.05) is 0 Å². The second-order valence-corrected chi connectivity index (χ2v) is 7.76. The normalized spacial score (nSPS) is 21.5. The monoisotopic (exact) mass is 371 g/mol. The summed E-state index contributed by atoms with van der Waals surface area (Å²) in [4.78, 5) is 32.3. The predicted octanol–water partition coefficient (Wildman–Crippen LogP) is 2.06. The number of carbonyl (C=O) groups excluding carboxylic acids is 2. The summed E-state index contributed by atoms with van der Waals surface area (Å²) >= 11 is 0. The highest BCUT2D eigenvalue weighted by molar-refractivity contribution is 6.09. The molecule has 1 aromatic rings. The molecule has 8 nitrogen and oxygen atoms in total. The molecule has 0 spiro atoms. The Balaban J connectivity index is 1.92. The third-order valence-electron chi connectivity index (χ3n) is 4.50. The van der Waals surface area contributed by atoms with Crippen LogP contribution in [0.4, 0.5) is 10.5 Å². The molecule has 1 fully saturated rings. The van der Waals surface area contributed by atoms with E-state index in [1.807, 2.05) is 27.7 Å². The van der Waals surface area contributed by atoms with Crippen molar-refractivity contribution in [3.8, 4) is 0 Å². The van der Waals surface area contributed by atoms with E-state index in [4.69, 9.17) is 10.1 Å². The van der Waals surface area contributed by atoms with E-state index in [0.717, 1.165) is 17.5 Å². The van der Waals surface area contributed by atoms with Crippen LogP contribution in [0.3, 0.4) is 0 Å². The fraction of sp³-hybridized carbons (Fsp3) is 0.474. The highest BCUT2D eigenvalue weighted by Gasteiger charge is 2.35. The Kier molecular flexibility index (Phi) is 4.91. The van der Waals surface area contributed by atoms with Crippen molar-refractivity contribution >= 4 is 23.9 Å². The lowest BCUT2D eigenvalue weighted by atomic mass is 10.1. The zero-order chi connectivity index (χ0) is 19.8. The first-order valence-corrected chi connectivity index (χ1v) is 8.94. The van der Waals surface area contributed by atoms with Crippen LogP contribution in [0.25, 0.3) is 0 Å². The molecule has 2 aliphatic rings. The summed E-state index contributed by atoms with van der Waals surface area (Å²) in [6.45, 7) is 8.16. The Morgan fingerprint density at radius 2 is 2.19 bits per heavy atom. The molecule has 1 atom stereocenters. The number of aromatic nitrogens is 1. The van der Waals surface area contributed by atoms with Crippen molar-refractivity contribution in [3.63, 3.8) is 0 Å². The average molecular weight is 371 g/mol. The van der Waals surface area contributed by atoms with Crippen LogP contribution in [-0.4, -0.2) is 52.8 Å². The topological polar surface area (TPSA) is 98.6 Å². The van der Waals surface area contributed by atoms with Crippen molar-refractivity contribution in [1.82, 2.24) is 15.2 Å². The van der Waals surface area contributed by atoms with Crippen molar-refractivity contribution in [3.05, 3.63) is 35.4 Å². The predicted molar refractivity (Wildman–Crippen MR) is 102 cm³/mol. The largest absolute Gasteiger partial charge is 0.444 e. The van der Waals surface area contributed by atoms with Crippen LogP contribution in [-0.2, 0) is 16.0 Å². The molecule has 27 heavy (non-hydrogen) atoms. The molecule has 1 aromatic heterocycles. The van der Waals surface area contributed by atoms with Gasteiger partial charge >= 0.3 is 6.09 Å². The maximum atomic E-state index is 12.6. The second kappa shape index (κ2) is 7.02. The summed E-state index contributed by atoms with van der Waals surface area (Å²) in [6, 6.07) is 1.70. The number of fused-ring (bicyclic) bond motifs is 1. The van der Waals surface area contributed by atoms with Gasteiger partial charge in [0.25, 0.3) is 0 Å². The Bertz CT molecular complexity index is 812. The minimum atomic E-state index is -0.590. The SMILES string of the molecule is C[C@H]1CN/C(=C(\C=N)N2C(=O)Cc3cnccc32)CN1C(=O)OC(C)(C)C. The van der Waals surface area contributed by atoms with Crippen molar-refractivity contribution in [2.24, 2.45) is 0 Å². The van der Waals surface area contributed by atoms with Gasteiger partial charge in [0.15, 0.2) is 0 Å². The van der Waals surface area contributed by atoms with E-state index in [-0.39, 0.29) is 24.9 Å². The van der Waals surface area contributed by atoms with Gasteiger partial charge < -0.3 is 15.5 Å². The van der Waals surface area contributed by atoms with Gasteiger partial charge in [0, 0.05) is 36.8 Å². The standard InChI is InChI=1S/C19H25N5O3/c1-12-9-22-14(11-23(12)18(26)27-19(2,3)4)16(8-20)24-15-5-6-21-10-13(15)7-17(24)25/h5-6,8,10,12,20,22H,7,9,11H2,1-4H3/b16-14+,20-8?/t12-/m0/s1. The molecule has 0 unspecified atom stereocenters. The van der Waals surface area contributed by atoms with Crippen LogP contribution in [0.2, 0.25) is 0 Å². The lowest BCUT2D eigenvalue weighted by Crippen LogP contribution is -2.53. The fourth-order valence-corrected chi connectivity index (χ4v) is 3.20. The van der Waals surface area contributed by atoms with Gasteiger partial charge in [-0.15, -0.1) is 0 Å². The Labute approximate surface area is 158 Å². The fourth-order valence-electron chi connectivity index (χ4n) is 3.20. The van der Waals surface area contributed by atoms with Gasteiger partial charge in [-0.2, -0.15) is 0 Å². The van der Waals surface area contributed by atoms with E-state index in [1.54, 1.807) is 23.4 Å². The molecule has 2 aliphatic heterocycles. The quantitative estimate of drug-likeness (QED) is 0.776. The first-order valence-electron chi connectivity index (χ1n) is 8.94. The summed E-state index contributed by atoms with van der Waals surface area (Å²) in [7, 11) is 0. The number of hydrogen-bond donors (Lipinski definition) is 2. The van der Waals surface area contributed by atoms with E-state index in [0.29, 0.717) is 17.9 Å². The summed E-state index contributed by atoms with van der Waals surface area (Å²) in [5.74, 6) is -0.117. The number of nitrogens with zero attached hydrogens (tertiary/aromatic N) is 3. The van der Waals surface area contributed by atoms with Crippen LogP contribution < -0.4 is 10.2 Å². The molecule has 144 valence electrons. The van der Waals surface area contributed by atoms with Crippen molar-refractivity contribution in [2.45, 2.75) is 45.8 Å². The first kappa shape index (κ1) is 18.9. The molecule has 0 bridgehead atoms. The maximum absolute atomic E-state index is 12.6. The minimum Gasteiger partial charge on any atom is -0.444 e. The second-order valence-electron chi connectivity index (χ2n) is 7.76. The highest BCUT2D eigenvalue weighted by atomic mass is 16.6. The van der Waals surface area contributed by atoms with Gasteiger partial charge in [-0.3, -0.25) is 19.6 Å². The van der Waals surface area contributed by atoms with E-state index in [9.17, 15) is 9.59 Å². The van der Waals surface area contributed by atoms with Crippen LogP contribution in [0.1, 0.15) is 33.3 Å². The third kappa shape index (κ3) is 3.79. The molecule has 3 heterocycles. The number of rotatable bonds is 2. The van der Waals surface area contributed by atoms with E-state index in [1.165, 1.54) is 4.90 Å². The number of nitrogens with one attached hydrogen (secondary N) is 2. The van der Waals surface area contributed by atoms with E-state index >= 15 is 0 Å². The van der Waals surface area contributed by atoms with Gasteiger partial charge in [0.05, 0.1) is 30.0 Å². The average Bonchev–Trinajstić information content (AvgIpc) is 2.91. The summed E-state index contributed by atoms with van der Waals surface area (Å²) in [6.07, 6.45) is 4.29. The number of amides is 2. The van der Waals surface area contributed by atoms with E-state index < -0.39 is 11.7 Å². The number of hydrogen-bond acceptors (Lipinski definition) is 6. The molecule has 0 radical (unpaired) electrons. The number of pyridine rings is 1. The van der Waals surface area contributed by atoms with Crippen LogP contribution in [0, 0.1) is 5.41 Å². The zero-order valence-corrected chi connectivity index (χ0v) is 16.1. The maximum Gasteiger partial charge on any atom is 0.410 e. The lowest BCUT2D eigenvalue weighted by Gasteiger charge is -2.38. The van der Waals surface area contributed by atoms with Gasteiger partial charge in [0.2, 0.25) is 5.91 Å². The highest BCUT2D eigenvalue weighted by Crippen LogP contribution is 2.32. The van der Waals surface area contributed by atoms with Gasteiger partial charge in [-0.05, 0) is 33.8 Å². The van der Waals surface area contributed by atoms with Gasteiger partial charge in [0.1, 0.15) is 5.60 Å². The van der Waals surface area contributed by atoms with Crippen molar-refractivity contribution in [1.29, 1.82) is 5.41 Å². The van der Waals surface area contributed by atoms with Gasteiger partial charge in [-0.25, -0.2) is 4.79 Å². The van der Waals surface area contributed by atoms with Crippen LogP contribution in [0.5, 0.6) is 0 Å². The Morgan fingerprint density at radius 1 is 1.44 bits per heavy atom. The summed E-state index contributed by atoms with van der Waals surface area (Å²) in [5, 5.41) is 11.2. The molecule has 8 heteroatoms. The number of anilines is 1. The molecule has 0 aliphatic carbocycles. The number of ether oxygens (including phenoxy) is 1. The third-order valence-corrected chi connectivity index (χ3v) is 4.50. The smallest absolute Gasteiger partial charge is 0.410 e.